The second kappa shape index (κ2) is 7.10. The molecule has 0 atom stereocenters. The maximum atomic E-state index is 4.57. The molecule has 0 unspecified atom stereocenters. The van der Waals surface area contributed by atoms with Crippen LogP contribution in [-0.2, 0) is 19.5 Å². The van der Waals surface area contributed by atoms with E-state index >= 15 is 0 Å². The largest absolute Gasteiger partial charge is 0.313 e. The van der Waals surface area contributed by atoms with Crippen LogP contribution in [0.4, 0.5) is 0 Å². The summed E-state index contributed by atoms with van der Waals surface area (Å²) in [4.78, 5) is 0. The summed E-state index contributed by atoms with van der Waals surface area (Å²) in [6.07, 6.45) is 4.41. The fourth-order valence-corrected chi connectivity index (χ4v) is 2.20. The van der Waals surface area contributed by atoms with Crippen LogP contribution in [0.2, 0.25) is 0 Å². The van der Waals surface area contributed by atoms with E-state index in [-0.39, 0.29) is 0 Å². The molecule has 0 aliphatic heterocycles. The Bertz CT molecular complexity index is 488. The van der Waals surface area contributed by atoms with Gasteiger partial charge in [0.05, 0.1) is 5.69 Å². The molecule has 3 nitrogen and oxygen atoms in total. The lowest BCUT2D eigenvalue weighted by Crippen LogP contribution is -2.11. The van der Waals surface area contributed by atoms with Gasteiger partial charge in [-0.2, -0.15) is 5.10 Å². The van der Waals surface area contributed by atoms with E-state index in [1.165, 1.54) is 11.1 Å². The molecule has 1 N–H and O–H groups in total. The Balaban J connectivity index is 1.83. The van der Waals surface area contributed by atoms with Crippen LogP contribution in [0, 0.1) is 6.92 Å². The van der Waals surface area contributed by atoms with Crippen LogP contribution >= 0.6 is 0 Å². The molecule has 0 radical (unpaired) electrons. The number of hydrogen-bond acceptors (Lipinski definition) is 2. The van der Waals surface area contributed by atoms with Crippen molar-refractivity contribution in [3.05, 3.63) is 53.3 Å². The van der Waals surface area contributed by atoms with Crippen molar-refractivity contribution < 1.29 is 0 Å². The van der Waals surface area contributed by atoms with E-state index in [0.29, 0.717) is 0 Å². The zero-order chi connectivity index (χ0) is 13.5. The van der Waals surface area contributed by atoms with Gasteiger partial charge in [0.1, 0.15) is 0 Å². The molecule has 2 aromatic rings. The van der Waals surface area contributed by atoms with Crippen molar-refractivity contribution in [2.75, 3.05) is 6.54 Å². The first-order valence-electron chi connectivity index (χ1n) is 7.07. The molecule has 0 fully saturated rings. The Hall–Kier alpha value is -1.61. The molecule has 19 heavy (non-hydrogen) atoms. The van der Waals surface area contributed by atoms with Crippen molar-refractivity contribution in [1.82, 2.24) is 15.1 Å². The fourth-order valence-electron chi connectivity index (χ4n) is 2.20. The van der Waals surface area contributed by atoms with Crippen molar-refractivity contribution in [3.63, 3.8) is 0 Å². The third-order valence-corrected chi connectivity index (χ3v) is 3.31. The zero-order valence-corrected chi connectivity index (χ0v) is 11.9. The van der Waals surface area contributed by atoms with E-state index in [4.69, 9.17) is 0 Å². The van der Waals surface area contributed by atoms with Crippen molar-refractivity contribution in [3.8, 4) is 0 Å². The van der Waals surface area contributed by atoms with Gasteiger partial charge in [0.15, 0.2) is 0 Å². The van der Waals surface area contributed by atoms with Crippen LogP contribution in [0.3, 0.4) is 0 Å². The van der Waals surface area contributed by atoms with Crippen LogP contribution < -0.4 is 5.32 Å². The lowest BCUT2D eigenvalue weighted by Gasteiger charge is -2.02. The van der Waals surface area contributed by atoms with Crippen molar-refractivity contribution in [2.45, 2.75) is 39.8 Å². The molecular weight excluding hydrogens is 234 g/mol. The van der Waals surface area contributed by atoms with Crippen molar-refractivity contribution >= 4 is 0 Å². The summed E-state index contributed by atoms with van der Waals surface area (Å²) in [6.45, 7) is 7.11. The van der Waals surface area contributed by atoms with E-state index in [1.54, 1.807) is 0 Å². The first-order chi connectivity index (χ1) is 9.29. The smallest absolute Gasteiger partial charge is 0.0638 e. The highest BCUT2D eigenvalue weighted by Crippen LogP contribution is 2.08. The first kappa shape index (κ1) is 13.8. The summed E-state index contributed by atoms with van der Waals surface area (Å²) in [5.41, 5.74) is 3.85. The minimum atomic E-state index is 0.918. The molecule has 2 rings (SSSR count). The Labute approximate surface area is 115 Å². The minimum absolute atomic E-state index is 0.918. The average molecular weight is 257 g/mol. The van der Waals surface area contributed by atoms with Crippen LogP contribution in [0.5, 0.6) is 0 Å². The number of aromatic nitrogens is 2. The number of rotatable bonds is 7. The molecule has 0 bridgehead atoms. The maximum absolute atomic E-state index is 4.57. The summed E-state index contributed by atoms with van der Waals surface area (Å²) in [6, 6.07) is 10.6. The molecule has 0 aliphatic carbocycles. The van der Waals surface area contributed by atoms with E-state index in [0.717, 1.165) is 38.2 Å². The van der Waals surface area contributed by atoms with E-state index in [2.05, 4.69) is 65.5 Å². The van der Waals surface area contributed by atoms with Gasteiger partial charge in [0.25, 0.3) is 0 Å². The molecule has 102 valence electrons. The first-order valence-corrected chi connectivity index (χ1v) is 7.07. The summed E-state index contributed by atoms with van der Waals surface area (Å²) in [5.74, 6) is 0. The molecule has 1 aromatic heterocycles. The van der Waals surface area contributed by atoms with Gasteiger partial charge in [-0.3, -0.25) is 4.68 Å². The van der Waals surface area contributed by atoms with Gasteiger partial charge in [0, 0.05) is 24.8 Å². The van der Waals surface area contributed by atoms with Gasteiger partial charge in [-0.25, -0.2) is 0 Å². The van der Waals surface area contributed by atoms with Crippen LogP contribution in [-0.4, -0.2) is 16.3 Å². The number of aryl methyl sites for hydroxylation is 3. The highest BCUT2D eigenvalue weighted by Gasteiger charge is 2.03. The van der Waals surface area contributed by atoms with Gasteiger partial charge < -0.3 is 5.32 Å². The Kier molecular flexibility index (Phi) is 5.16. The summed E-state index contributed by atoms with van der Waals surface area (Å²) < 4.78 is 2.07. The average Bonchev–Trinajstić information content (AvgIpc) is 2.78. The van der Waals surface area contributed by atoms with E-state index in [9.17, 15) is 0 Å². The van der Waals surface area contributed by atoms with Crippen LogP contribution in [0.1, 0.15) is 30.2 Å². The zero-order valence-electron chi connectivity index (χ0n) is 11.9. The highest BCUT2D eigenvalue weighted by atomic mass is 15.3. The number of hydrogen-bond donors (Lipinski definition) is 1. The number of nitrogens with one attached hydrogen (secondary N) is 1. The molecule has 0 amide bonds. The lowest BCUT2D eigenvalue weighted by molar-refractivity contribution is 0.574. The van der Waals surface area contributed by atoms with Crippen molar-refractivity contribution in [2.24, 2.45) is 0 Å². The fraction of sp³-hybridized carbons (Fsp3) is 0.438. The molecule has 1 heterocycles. The topological polar surface area (TPSA) is 29.9 Å². The number of nitrogens with zero attached hydrogens (tertiary/aromatic N) is 2. The third kappa shape index (κ3) is 4.21. The second-order valence-corrected chi connectivity index (χ2v) is 4.87. The van der Waals surface area contributed by atoms with Gasteiger partial charge in [-0.15, -0.1) is 0 Å². The summed E-state index contributed by atoms with van der Waals surface area (Å²) in [7, 11) is 0. The monoisotopic (exact) mass is 257 g/mol. The summed E-state index contributed by atoms with van der Waals surface area (Å²) in [5, 5.41) is 7.92. The Morgan fingerprint density at radius 1 is 1.21 bits per heavy atom. The molecule has 0 saturated heterocycles. The lowest BCUT2D eigenvalue weighted by atomic mass is 10.1. The van der Waals surface area contributed by atoms with Gasteiger partial charge in [-0.1, -0.05) is 37.3 Å². The highest BCUT2D eigenvalue weighted by molar-refractivity contribution is 5.16. The molecule has 0 aliphatic rings. The van der Waals surface area contributed by atoms with Crippen LogP contribution in [0.15, 0.2) is 36.5 Å². The van der Waals surface area contributed by atoms with Gasteiger partial charge >= 0.3 is 0 Å². The molecule has 3 heteroatoms. The van der Waals surface area contributed by atoms with E-state index in [1.807, 2.05) is 0 Å². The predicted octanol–water partition coefficient (Wildman–Crippen LogP) is 2.93. The van der Waals surface area contributed by atoms with Crippen molar-refractivity contribution in [1.29, 1.82) is 0 Å². The second-order valence-electron chi connectivity index (χ2n) is 4.87. The maximum Gasteiger partial charge on any atom is 0.0638 e. The standard InChI is InChI=1S/C16H23N3/c1-3-17-12-16-13-19(18-14(16)2)11-7-10-15-8-5-4-6-9-15/h4-6,8-9,13,17H,3,7,10-12H2,1-2H3. The Morgan fingerprint density at radius 2 is 2.00 bits per heavy atom. The van der Waals surface area contributed by atoms with E-state index < -0.39 is 0 Å². The molecule has 0 saturated carbocycles. The van der Waals surface area contributed by atoms with Gasteiger partial charge in [-0.05, 0) is 31.9 Å². The predicted molar refractivity (Wildman–Crippen MR) is 79.1 cm³/mol. The quantitative estimate of drug-likeness (QED) is 0.826. The molecular formula is C16H23N3. The SMILES string of the molecule is CCNCc1cn(CCCc2ccccc2)nc1C. The third-order valence-electron chi connectivity index (χ3n) is 3.31. The summed E-state index contributed by atoms with van der Waals surface area (Å²) >= 11 is 0. The number of benzene rings is 1. The molecule has 1 aromatic carbocycles. The Morgan fingerprint density at radius 3 is 2.74 bits per heavy atom. The van der Waals surface area contributed by atoms with Gasteiger partial charge in [0.2, 0.25) is 0 Å². The van der Waals surface area contributed by atoms with Crippen LogP contribution in [0.25, 0.3) is 0 Å². The normalized spacial score (nSPS) is 10.8. The minimum Gasteiger partial charge on any atom is -0.313 e. The molecule has 0 spiro atoms.